The maximum atomic E-state index is 5.77. The number of nitrogens with zero attached hydrogens (tertiary/aromatic N) is 3. The average molecular weight is 228 g/mol. The first-order chi connectivity index (χ1) is 7.84. The number of rotatable bonds is 1. The molecule has 0 aliphatic rings. The SMILES string of the molecule is Nc1ccc2snc(-c3ncccn3)c2c1. The summed E-state index contributed by atoms with van der Waals surface area (Å²) < 4.78 is 5.46. The summed E-state index contributed by atoms with van der Waals surface area (Å²) in [6.45, 7) is 0. The molecule has 3 rings (SSSR count). The molecule has 0 amide bonds. The summed E-state index contributed by atoms with van der Waals surface area (Å²) in [5.41, 5.74) is 7.29. The van der Waals surface area contributed by atoms with Crippen LogP contribution in [-0.4, -0.2) is 14.3 Å². The van der Waals surface area contributed by atoms with Gasteiger partial charge < -0.3 is 5.73 Å². The molecule has 0 atom stereocenters. The van der Waals surface area contributed by atoms with Crippen molar-refractivity contribution in [2.24, 2.45) is 0 Å². The number of nitrogens with two attached hydrogens (primary N) is 1. The van der Waals surface area contributed by atoms with Crippen molar-refractivity contribution in [1.29, 1.82) is 0 Å². The summed E-state index contributed by atoms with van der Waals surface area (Å²) in [5.74, 6) is 0.638. The summed E-state index contributed by atoms with van der Waals surface area (Å²) in [6.07, 6.45) is 3.42. The topological polar surface area (TPSA) is 64.7 Å². The van der Waals surface area contributed by atoms with Crippen LogP contribution in [-0.2, 0) is 0 Å². The molecule has 0 bridgehead atoms. The molecule has 2 heterocycles. The number of benzene rings is 1. The number of hydrogen-bond acceptors (Lipinski definition) is 5. The van der Waals surface area contributed by atoms with Gasteiger partial charge in [0, 0.05) is 23.5 Å². The third-order valence-electron chi connectivity index (χ3n) is 2.27. The maximum absolute atomic E-state index is 5.77. The van der Waals surface area contributed by atoms with Crippen LogP contribution >= 0.6 is 11.5 Å². The van der Waals surface area contributed by atoms with E-state index in [1.807, 2.05) is 18.2 Å². The third-order valence-corrected chi connectivity index (χ3v) is 3.10. The first kappa shape index (κ1) is 9.23. The number of nitrogen functional groups attached to an aromatic ring is 1. The average Bonchev–Trinajstić information content (AvgIpc) is 2.73. The molecule has 2 N–H and O–H groups in total. The van der Waals surface area contributed by atoms with Crippen molar-refractivity contribution >= 4 is 27.3 Å². The lowest BCUT2D eigenvalue weighted by Crippen LogP contribution is -1.88. The molecule has 0 saturated carbocycles. The zero-order chi connectivity index (χ0) is 11.0. The molecule has 4 nitrogen and oxygen atoms in total. The predicted molar refractivity (Wildman–Crippen MR) is 65.1 cm³/mol. The van der Waals surface area contributed by atoms with Crippen LogP contribution in [0.4, 0.5) is 5.69 Å². The van der Waals surface area contributed by atoms with Crippen molar-refractivity contribution < 1.29 is 0 Å². The highest BCUT2D eigenvalue weighted by molar-refractivity contribution is 7.13. The Balaban J connectivity index is 2.29. The maximum Gasteiger partial charge on any atom is 0.179 e. The van der Waals surface area contributed by atoms with Gasteiger partial charge in [-0.2, -0.15) is 4.37 Å². The van der Waals surface area contributed by atoms with Crippen molar-refractivity contribution in [3.05, 3.63) is 36.7 Å². The van der Waals surface area contributed by atoms with Crippen LogP contribution in [0.25, 0.3) is 21.6 Å². The molecule has 0 aliphatic heterocycles. The van der Waals surface area contributed by atoms with Crippen LogP contribution < -0.4 is 5.73 Å². The summed E-state index contributed by atoms with van der Waals surface area (Å²) in [5, 5.41) is 1.01. The fourth-order valence-electron chi connectivity index (χ4n) is 1.54. The predicted octanol–water partition coefficient (Wildman–Crippen LogP) is 2.34. The summed E-state index contributed by atoms with van der Waals surface area (Å²) in [7, 11) is 0. The van der Waals surface area contributed by atoms with Gasteiger partial charge in [0.05, 0.1) is 4.70 Å². The van der Waals surface area contributed by atoms with Crippen LogP contribution in [0.5, 0.6) is 0 Å². The van der Waals surface area contributed by atoms with E-state index in [4.69, 9.17) is 5.73 Å². The van der Waals surface area contributed by atoms with E-state index < -0.39 is 0 Å². The van der Waals surface area contributed by atoms with Crippen LogP contribution in [0, 0.1) is 0 Å². The second-order valence-corrected chi connectivity index (χ2v) is 4.16. The molecule has 5 heteroatoms. The molecule has 0 spiro atoms. The highest BCUT2D eigenvalue weighted by atomic mass is 32.1. The minimum atomic E-state index is 0.638. The standard InChI is InChI=1S/C11H8N4S/c12-7-2-3-9-8(6-7)10(15-16-9)11-13-4-1-5-14-11/h1-6H,12H2. The van der Waals surface area contributed by atoms with Crippen molar-refractivity contribution in [3.63, 3.8) is 0 Å². The van der Waals surface area contributed by atoms with E-state index in [0.717, 1.165) is 21.5 Å². The Hall–Kier alpha value is -2.01. The van der Waals surface area contributed by atoms with Gasteiger partial charge in [-0.05, 0) is 35.8 Å². The van der Waals surface area contributed by atoms with Crippen LogP contribution in [0.1, 0.15) is 0 Å². The highest BCUT2D eigenvalue weighted by Crippen LogP contribution is 2.29. The fourth-order valence-corrected chi connectivity index (χ4v) is 2.29. The minimum absolute atomic E-state index is 0.638. The Morgan fingerprint density at radius 3 is 2.75 bits per heavy atom. The van der Waals surface area contributed by atoms with Crippen LogP contribution in [0.15, 0.2) is 36.7 Å². The van der Waals surface area contributed by atoms with Gasteiger partial charge in [0.25, 0.3) is 0 Å². The Morgan fingerprint density at radius 1 is 1.12 bits per heavy atom. The number of hydrogen-bond donors (Lipinski definition) is 1. The molecular formula is C11H8N4S. The second-order valence-electron chi connectivity index (χ2n) is 3.36. The van der Waals surface area contributed by atoms with E-state index in [1.54, 1.807) is 18.5 Å². The van der Waals surface area contributed by atoms with Gasteiger partial charge in [0.1, 0.15) is 5.69 Å². The molecule has 0 unspecified atom stereocenters. The lowest BCUT2D eigenvalue weighted by molar-refractivity contribution is 1.17. The van der Waals surface area contributed by atoms with E-state index >= 15 is 0 Å². The lowest BCUT2D eigenvalue weighted by atomic mass is 10.2. The first-order valence-corrected chi connectivity index (χ1v) is 5.54. The van der Waals surface area contributed by atoms with Crippen molar-refractivity contribution in [2.45, 2.75) is 0 Å². The largest absolute Gasteiger partial charge is 0.399 e. The molecule has 3 aromatic rings. The smallest absolute Gasteiger partial charge is 0.179 e. The molecule has 0 aliphatic carbocycles. The lowest BCUT2D eigenvalue weighted by Gasteiger charge is -1.96. The quantitative estimate of drug-likeness (QED) is 0.649. The van der Waals surface area contributed by atoms with Gasteiger partial charge >= 0.3 is 0 Å². The number of anilines is 1. The van der Waals surface area contributed by atoms with Gasteiger partial charge in [-0.1, -0.05) is 0 Å². The van der Waals surface area contributed by atoms with E-state index in [9.17, 15) is 0 Å². The monoisotopic (exact) mass is 228 g/mol. The first-order valence-electron chi connectivity index (χ1n) is 4.77. The molecule has 2 aromatic heterocycles. The van der Waals surface area contributed by atoms with E-state index in [2.05, 4.69) is 14.3 Å². The number of aromatic nitrogens is 3. The van der Waals surface area contributed by atoms with Gasteiger partial charge in [0.15, 0.2) is 5.82 Å². The normalized spacial score (nSPS) is 10.8. The Kier molecular flexibility index (Phi) is 2.04. The molecule has 16 heavy (non-hydrogen) atoms. The van der Waals surface area contributed by atoms with Crippen molar-refractivity contribution in [3.8, 4) is 11.5 Å². The second kappa shape index (κ2) is 3.53. The van der Waals surface area contributed by atoms with Gasteiger partial charge in [-0.15, -0.1) is 0 Å². The molecule has 0 radical (unpaired) electrons. The zero-order valence-corrected chi connectivity index (χ0v) is 9.11. The van der Waals surface area contributed by atoms with Crippen molar-refractivity contribution in [2.75, 3.05) is 5.73 Å². The Morgan fingerprint density at radius 2 is 1.94 bits per heavy atom. The third kappa shape index (κ3) is 1.42. The molecule has 78 valence electrons. The van der Waals surface area contributed by atoms with Gasteiger partial charge in [-0.25, -0.2) is 9.97 Å². The van der Waals surface area contributed by atoms with Gasteiger partial charge in [-0.3, -0.25) is 0 Å². The molecular weight excluding hydrogens is 220 g/mol. The summed E-state index contributed by atoms with van der Waals surface area (Å²) in [4.78, 5) is 8.39. The minimum Gasteiger partial charge on any atom is -0.399 e. The Labute approximate surface area is 96.0 Å². The fraction of sp³-hybridized carbons (Fsp3) is 0. The highest BCUT2D eigenvalue weighted by Gasteiger charge is 2.10. The summed E-state index contributed by atoms with van der Waals surface area (Å²) in [6, 6.07) is 7.53. The van der Waals surface area contributed by atoms with Crippen LogP contribution in [0.3, 0.4) is 0 Å². The Bertz CT molecular complexity index is 633. The zero-order valence-electron chi connectivity index (χ0n) is 8.29. The molecule has 0 fully saturated rings. The van der Waals surface area contributed by atoms with Crippen LogP contribution in [0.2, 0.25) is 0 Å². The van der Waals surface area contributed by atoms with Crippen molar-refractivity contribution in [1.82, 2.24) is 14.3 Å². The van der Waals surface area contributed by atoms with E-state index in [1.165, 1.54) is 11.5 Å². The summed E-state index contributed by atoms with van der Waals surface area (Å²) >= 11 is 1.43. The van der Waals surface area contributed by atoms with E-state index in [0.29, 0.717) is 5.82 Å². The number of fused-ring (bicyclic) bond motifs is 1. The van der Waals surface area contributed by atoms with Gasteiger partial charge in [0.2, 0.25) is 0 Å². The molecule has 1 aromatic carbocycles. The van der Waals surface area contributed by atoms with E-state index in [-0.39, 0.29) is 0 Å². The molecule has 0 saturated heterocycles.